The number of allylic oxidation sites excluding steroid dienone is 5. The van der Waals surface area contributed by atoms with Crippen LogP contribution in [0.3, 0.4) is 0 Å². The lowest BCUT2D eigenvalue weighted by atomic mass is 9.98. The normalized spacial score (nSPS) is 18.3. The van der Waals surface area contributed by atoms with E-state index in [-0.39, 0.29) is 30.8 Å². The zero-order valence-electron chi connectivity index (χ0n) is 19.0. The highest BCUT2D eigenvalue weighted by molar-refractivity contribution is 5.96. The molecule has 10 heteroatoms. The van der Waals surface area contributed by atoms with E-state index in [4.69, 9.17) is 10.5 Å². The molecule has 0 aromatic carbocycles. The Bertz CT molecular complexity index is 1070. The van der Waals surface area contributed by atoms with Gasteiger partial charge in [0.15, 0.2) is 0 Å². The lowest BCUT2D eigenvalue weighted by molar-refractivity contribution is -0.126. The van der Waals surface area contributed by atoms with Gasteiger partial charge in [0.2, 0.25) is 5.91 Å². The highest BCUT2D eigenvalue weighted by Crippen LogP contribution is 2.25. The predicted octanol–water partition coefficient (Wildman–Crippen LogP) is 3.42. The van der Waals surface area contributed by atoms with Crippen molar-refractivity contribution in [2.45, 2.75) is 18.5 Å². The van der Waals surface area contributed by atoms with Gasteiger partial charge in [-0.05, 0) is 41.9 Å². The van der Waals surface area contributed by atoms with E-state index >= 15 is 0 Å². The molecule has 2 rings (SSSR count). The summed E-state index contributed by atoms with van der Waals surface area (Å²) < 4.78 is 45.4. The van der Waals surface area contributed by atoms with E-state index in [1.165, 1.54) is 18.3 Å². The summed E-state index contributed by atoms with van der Waals surface area (Å²) in [4.78, 5) is 28.8. The molecule has 1 fully saturated rings. The summed E-state index contributed by atoms with van der Waals surface area (Å²) in [5.74, 6) is -3.14. The average Bonchev–Trinajstić information content (AvgIpc) is 2.84. The number of nitrogens with two attached hydrogens (primary N) is 1. The fourth-order valence-corrected chi connectivity index (χ4v) is 3.27. The number of nitrogens with one attached hydrogen (secondary N) is 2. The maximum Gasteiger partial charge on any atom is 0.251 e. The Morgan fingerprint density at radius 3 is 2.77 bits per heavy atom. The third-order valence-electron chi connectivity index (χ3n) is 4.92. The first kappa shape index (κ1) is 27.5. The van der Waals surface area contributed by atoms with Crippen LogP contribution in [-0.4, -0.2) is 42.6 Å². The van der Waals surface area contributed by atoms with E-state index in [0.29, 0.717) is 30.5 Å². The van der Waals surface area contributed by atoms with Gasteiger partial charge in [-0.15, -0.1) is 0 Å². The SMILES string of the molecule is C=C/C(F)=C(\C=C\c1cccnc1[C@H](CC(=C)/C=C(F)\C=C\F)NC(=O)[C@H]1COCCN1)C(N)=O. The summed E-state index contributed by atoms with van der Waals surface area (Å²) >= 11 is 0. The van der Waals surface area contributed by atoms with Crippen molar-refractivity contribution in [3.05, 3.63) is 96.2 Å². The van der Waals surface area contributed by atoms with Gasteiger partial charge in [-0.2, -0.15) is 0 Å². The summed E-state index contributed by atoms with van der Waals surface area (Å²) in [5.41, 5.74) is 5.87. The molecule has 0 radical (unpaired) electrons. The maximum absolute atomic E-state index is 14.0. The van der Waals surface area contributed by atoms with E-state index in [9.17, 15) is 22.8 Å². The molecule has 0 aliphatic carbocycles. The molecule has 2 atom stereocenters. The topological polar surface area (TPSA) is 106 Å². The number of amides is 2. The molecule has 0 bridgehead atoms. The minimum Gasteiger partial charge on any atom is -0.378 e. The summed E-state index contributed by atoms with van der Waals surface area (Å²) in [6.45, 7) is 8.20. The lowest BCUT2D eigenvalue weighted by Crippen LogP contribution is -2.52. The van der Waals surface area contributed by atoms with Gasteiger partial charge >= 0.3 is 0 Å². The van der Waals surface area contributed by atoms with Crippen molar-refractivity contribution in [2.75, 3.05) is 19.8 Å². The standard InChI is InChI=1S/C25H27F3N4O3/c1-3-20(28)19(24(29)33)7-6-17-5-4-10-31-23(17)21(14-16(2)13-18(27)8-9-26)32-25(34)22-15-35-12-11-30-22/h3-10,13,21-22,30H,1-2,11-12,14-15H2,(H2,29,33)(H,32,34)/b7-6+,9-8+,18-13+,20-19-/t21-,22+/m0/s1. The van der Waals surface area contributed by atoms with Crippen molar-refractivity contribution in [2.24, 2.45) is 5.73 Å². The number of ether oxygens (including phenoxy) is 1. The number of pyridine rings is 1. The van der Waals surface area contributed by atoms with Crippen LogP contribution in [0.4, 0.5) is 13.2 Å². The molecule has 1 aliphatic heterocycles. The van der Waals surface area contributed by atoms with E-state index < -0.39 is 35.2 Å². The minimum atomic E-state index is -0.993. The average molecular weight is 489 g/mol. The summed E-state index contributed by atoms with van der Waals surface area (Å²) in [6, 6.07) is 1.82. The van der Waals surface area contributed by atoms with Gasteiger partial charge in [-0.25, -0.2) is 13.2 Å². The summed E-state index contributed by atoms with van der Waals surface area (Å²) in [6.07, 6.45) is 6.66. The second kappa shape index (κ2) is 13.8. The van der Waals surface area contributed by atoms with Crippen molar-refractivity contribution in [3.8, 4) is 0 Å². The van der Waals surface area contributed by atoms with E-state index in [2.05, 4.69) is 28.8 Å². The highest BCUT2D eigenvalue weighted by Gasteiger charge is 2.26. The number of nitrogens with zero attached hydrogens (tertiary/aromatic N) is 1. The van der Waals surface area contributed by atoms with Gasteiger partial charge in [-0.3, -0.25) is 14.6 Å². The first-order chi connectivity index (χ1) is 16.8. The molecule has 1 aromatic rings. The third kappa shape index (κ3) is 8.51. The maximum atomic E-state index is 14.0. The van der Waals surface area contributed by atoms with Gasteiger partial charge in [0.05, 0.1) is 36.9 Å². The number of morpholine rings is 1. The fourth-order valence-electron chi connectivity index (χ4n) is 3.27. The van der Waals surface area contributed by atoms with Crippen molar-refractivity contribution in [1.82, 2.24) is 15.6 Å². The third-order valence-corrected chi connectivity index (χ3v) is 4.92. The number of hydrogen-bond donors (Lipinski definition) is 3. The molecule has 186 valence electrons. The molecule has 7 nitrogen and oxygen atoms in total. The Kier molecular flexibility index (Phi) is 10.9. The Labute approximate surface area is 201 Å². The number of hydrogen-bond acceptors (Lipinski definition) is 5. The Morgan fingerprint density at radius 2 is 2.14 bits per heavy atom. The Hall–Kier alpha value is -3.76. The van der Waals surface area contributed by atoms with Crippen LogP contribution in [0.5, 0.6) is 0 Å². The number of carbonyl (C=O) groups excluding carboxylic acids is 2. The van der Waals surface area contributed by atoms with Gasteiger partial charge in [0, 0.05) is 18.8 Å². The number of halogens is 3. The van der Waals surface area contributed by atoms with E-state index in [1.54, 1.807) is 12.1 Å². The number of rotatable bonds is 11. The molecular weight excluding hydrogens is 461 g/mol. The van der Waals surface area contributed by atoms with Crippen molar-refractivity contribution < 1.29 is 27.5 Å². The molecule has 1 saturated heterocycles. The largest absolute Gasteiger partial charge is 0.378 e. The Balaban J connectivity index is 2.43. The number of aromatic nitrogens is 1. The number of primary amides is 1. The second-order valence-corrected chi connectivity index (χ2v) is 7.47. The fraction of sp³-hybridized carbons (Fsp3) is 0.240. The van der Waals surface area contributed by atoms with Crippen LogP contribution in [0.1, 0.15) is 23.7 Å². The smallest absolute Gasteiger partial charge is 0.251 e. The van der Waals surface area contributed by atoms with Crippen LogP contribution in [0.25, 0.3) is 6.08 Å². The van der Waals surface area contributed by atoms with Gasteiger partial charge in [0.1, 0.15) is 17.7 Å². The molecule has 0 saturated carbocycles. The molecule has 1 aliphatic rings. The second-order valence-electron chi connectivity index (χ2n) is 7.47. The van der Waals surface area contributed by atoms with Crippen LogP contribution in [0.15, 0.2) is 84.9 Å². The number of carbonyl (C=O) groups is 2. The molecule has 4 N–H and O–H groups in total. The van der Waals surface area contributed by atoms with Gasteiger partial charge in [0.25, 0.3) is 5.91 Å². The van der Waals surface area contributed by atoms with Crippen LogP contribution < -0.4 is 16.4 Å². The zero-order chi connectivity index (χ0) is 25.8. The van der Waals surface area contributed by atoms with Gasteiger partial charge in [-0.1, -0.05) is 25.3 Å². The van der Waals surface area contributed by atoms with Crippen LogP contribution in [-0.2, 0) is 14.3 Å². The molecular formula is C25H27F3N4O3. The Morgan fingerprint density at radius 1 is 1.37 bits per heavy atom. The van der Waals surface area contributed by atoms with Crippen LogP contribution in [0.2, 0.25) is 0 Å². The molecule has 1 aromatic heterocycles. The van der Waals surface area contributed by atoms with E-state index in [1.807, 2.05) is 0 Å². The van der Waals surface area contributed by atoms with Crippen molar-refractivity contribution >= 4 is 17.9 Å². The van der Waals surface area contributed by atoms with Crippen molar-refractivity contribution in [1.29, 1.82) is 0 Å². The predicted molar refractivity (Wildman–Crippen MR) is 127 cm³/mol. The van der Waals surface area contributed by atoms with Crippen molar-refractivity contribution in [3.63, 3.8) is 0 Å². The highest BCUT2D eigenvalue weighted by atomic mass is 19.1. The van der Waals surface area contributed by atoms with E-state index in [0.717, 1.165) is 12.2 Å². The molecule has 0 unspecified atom stereocenters. The van der Waals surface area contributed by atoms with Gasteiger partial charge < -0.3 is 21.1 Å². The molecule has 0 spiro atoms. The first-order valence-corrected chi connectivity index (χ1v) is 10.6. The summed E-state index contributed by atoms with van der Waals surface area (Å²) in [7, 11) is 0. The minimum absolute atomic E-state index is 0.0181. The molecule has 35 heavy (non-hydrogen) atoms. The van der Waals surface area contributed by atoms with Crippen LogP contribution in [0, 0.1) is 0 Å². The monoisotopic (exact) mass is 488 g/mol. The lowest BCUT2D eigenvalue weighted by Gasteiger charge is -2.26. The molecule has 2 amide bonds. The van der Waals surface area contributed by atoms with Crippen LogP contribution >= 0.6 is 0 Å². The first-order valence-electron chi connectivity index (χ1n) is 10.6. The quantitative estimate of drug-likeness (QED) is 0.327. The summed E-state index contributed by atoms with van der Waals surface area (Å²) in [5, 5.41) is 5.89. The molecule has 2 heterocycles. The zero-order valence-corrected chi connectivity index (χ0v) is 19.0.